The summed E-state index contributed by atoms with van der Waals surface area (Å²) in [5.41, 5.74) is 10.6. The summed E-state index contributed by atoms with van der Waals surface area (Å²) in [5, 5.41) is 0. The molecule has 4 N–H and O–H groups in total. The van der Waals surface area contributed by atoms with Gasteiger partial charge >= 0.3 is 0 Å². The van der Waals surface area contributed by atoms with E-state index in [0.29, 0.717) is 12.5 Å². The monoisotopic (exact) mass is 201 g/mol. The highest BCUT2D eigenvalue weighted by atomic mass is 16.1. The Labute approximate surface area is 86.6 Å². The third kappa shape index (κ3) is 5.19. The van der Waals surface area contributed by atoms with Crippen LogP contribution in [-0.2, 0) is 4.79 Å². The Morgan fingerprint density at radius 2 is 2.00 bits per heavy atom. The Balaban J connectivity index is 3.72. The first kappa shape index (κ1) is 13.4. The molecule has 4 heteroatoms. The molecular formula is C10H23N3O. The summed E-state index contributed by atoms with van der Waals surface area (Å²) in [6.45, 7) is 5.17. The molecule has 0 aliphatic carbocycles. The Kier molecular flexibility index (Phi) is 6.49. The number of hydrogen-bond acceptors (Lipinski definition) is 3. The molecule has 0 aromatic carbocycles. The second-order valence-corrected chi connectivity index (χ2v) is 3.92. The third-order valence-corrected chi connectivity index (χ3v) is 2.62. The summed E-state index contributed by atoms with van der Waals surface area (Å²) in [5.74, 6) is -0.415. The number of nitrogens with two attached hydrogens (primary N) is 2. The van der Waals surface area contributed by atoms with Crippen molar-refractivity contribution in [3.8, 4) is 0 Å². The first-order valence-electron chi connectivity index (χ1n) is 5.24. The zero-order valence-electron chi connectivity index (χ0n) is 9.49. The van der Waals surface area contributed by atoms with Crippen molar-refractivity contribution >= 4 is 5.91 Å². The fourth-order valence-electron chi connectivity index (χ4n) is 1.34. The van der Waals surface area contributed by atoms with E-state index < -0.39 is 11.9 Å². The van der Waals surface area contributed by atoms with Crippen LogP contribution in [0.4, 0.5) is 0 Å². The molecule has 0 aliphatic heterocycles. The van der Waals surface area contributed by atoms with E-state index in [1.165, 1.54) is 12.8 Å². The van der Waals surface area contributed by atoms with Crippen molar-refractivity contribution in [1.82, 2.24) is 4.90 Å². The molecule has 0 saturated carbocycles. The number of hydrogen-bond donors (Lipinski definition) is 2. The van der Waals surface area contributed by atoms with Crippen molar-refractivity contribution in [3.63, 3.8) is 0 Å². The van der Waals surface area contributed by atoms with Gasteiger partial charge in [-0.15, -0.1) is 0 Å². The molecule has 0 spiro atoms. The Hall–Kier alpha value is -0.610. The number of nitrogens with zero attached hydrogens (tertiary/aromatic N) is 1. The largest absolute Gasteiger partial charge is 0.368 e. The molecule has 0 radical (unpaired) electrons. The number of rotatable bonds is 7. The highest BCUT2D eigenvalue weighted by Crippen LogP contribution is 2.04. The molecule has 0 bridgehead atoms. The number of amides is 1. The number of primary amides is 1. The minimum atomic E-state index is -0.508. The highest BCUT2D eigenvalue weighted by molar-refractivity contribution is 5.79. The van der Waals surface area contributed by atoms with E-state index in [4.69, 9.17) is 11.5 Å². The Bertz CT molecular complexity index is 173. The first-order chi connectivity index (χ1) is 6.49. The van der Waals surface area contributed by atoms with Gasteiger partial charge in [0, 0.05) is 12.6 Å². The maximum atomic E-state index is 10.7. The molecule has 0 aliphatic rings. The van der Waals surface area contributed by atoms with Gasteiger partial charge < -0.3 is 16.4 Å². The van der Waals surface area contributed by atoms with E-state index in [1.54, 1.807) is 0 Å². The predicted octanol–water partition coefficient (Wildman–Crippen LogP) is 0.310. The van der Waals surface area contributed by atoms with Crippen LogP contribution in [0.3, 0.4) is 0 Å². The molecule has 14 heavy (non-hydrogen) atoms. The SMILES string of the molecule is CCCC(C)N(C)CCC(N)C(N)=O. The standard InChI is InChI=1S/C10H23N3O/c1-4-5-8(2)13(3)7-6-9(11)10(12)14/h8-9H,4-7,11H2,1-3H3,(H2,12,14). The molecule has 0 aromatic rings. The van der Waals surface area contributed by atoms with Gasteiger partial charge in [0.15, 0.2) is 0 Å². The predicted molar refractivity (Wildman–Crippen MR) is 58.8 cm³/mol. The van der Waals surface area contributed by atoms with Gasteiger partial charge in [0.2, 0.25) is 5.91 Å². The summed E-state index contributed by atoms with van der Waals surface area (Å²) in [7, 11) is 2.05. The molecule has 84 valence electrons. The number of carbonyl (C=O) groups is 1. The smallest absolute Gasteiger partial charge is 0.234 e. The minimum absolute atomic E-state index is 0.415. The van der Waals surface area contributed by atoms with Crippen LogP contribution >= 0.6 is 0 Å². The third-order valence-electron chi connectivity index (χ3n) is 2.62. The zero-order chi connectivity index (χ0) is 11.1. The first-order valence-corrected chi connectivity index (χ1v) is 5.24. The molecule has 2 unspecified atom stereocenters. The molecule has 1 amide bonds. The summed E-state index contributed by atoms with van der Waals surface area (Å²) in [4.78, 5) is 12.9. The minimum Gasteiger partial charge on any atom is -0.368 e. The van der Waals surface area contributed by atoms with Crippen LogP contribution in [0.1, 0.15) is 33.1 Å². The lowest BCUT2D eigenvalue weighted by Crippen LogP contribution is -2.40. The van der Waals surface area contributed by atoms with Crippen molar-refractivity contribution < 1.29 is 4.79 Å². The topological polar surface area (TPSA) is 72.3 Å². The quantitative estimate of drug-likeness (QED) is 0.622. The summed E-state index contributed by atoms with van der Waals surface area (Å²) < 4.78 is 0. The van der Waals surface area contributed by atoms with E-state index in [-0.39, 0.29) is 0 Å². The second-order valence-electron chi connectivity index (χ2n) is 3.92. The van der Waals surface area contributed by atoms with Crippen LogP contribution in [0.2, 0.25) is 0 Å². The Morgan fingerprint density at radius 1 is 1.43 bits per heavy atom. The van der Waals surface area contributed by atoms with Crippen LogP contribution in [0.25, 0.3) is 0 Å². The summed E-state index contributed by atoms with van der Waals surface area (Å²) in [6, 6.07) is 0.0337. The van der Waals surface area contributed by atoms with Crippen molar-refractivity contribution in [2.45, 2.75) is 45.2 Å². The van der Waals surface area contributed by atoms with E-state index in [9.17, 15) is 4.79 Å². The molecule has 0 aromatic heterocycles. The molecule has 2 atom stereocenters. The Morgan fingerprint density at radius 3 is 2.43 bits per heavy atom. The van der Waals surface area contributed by atoms with Gasteiger partial charge in [-0.05, 0) is 26.8 Å². The summed E-state index contributed by atoms with van der Waals surface area (Å²) in [6.07, 6.45) is 2.98. The van der Waals surface area contributed by atoms with Gasteiger partial charge in [0.25, 0.3) is 0 Å². The molecule has 0 saturated heterocycles. The van der Waals surface area contributed by atoms with Gasteiger partial charge in [-0.25, -0.2) is 0 Å². The normalized spacial score (nSPS) is 15.5. The average Bonchev–Trinajstić information content (AvgIpc) is 2.13. The van der Waals surface area contributed by atoms with Crippen LogP contribution in [0.15, 0.2) is 0 Å². The van der Waals surface area contributed by atoms with Gasteiger partial charge in [-0.3, -0.25) is 4.79 Å². The van der Waals surface area contributed by atoms with Crippen molar-refractivity contribution in [2.24, 2.45) is 11.5 Å². The lowest BCUT2D eigenvalue weighted by molar-refractivity contribution is -0.119. The number of carbonyl (C=O) groups excluding carboxylic acids is 1. The lowest BCUT2D eigenvalue weighted by Gasteiger charge is -2.25. The molecule has 0 fully saturated rings. The van der Waals surface area contributed by atoms with Gasteiger partial charge in [0.05, 0.1) is 6.04 Å². The fourth-order valence-corrected chi connectivity index (χ4v) is 1.34. The highest BCUT2D eigenvalue weighted by Gasteiger charge is 2.12. The van der Waals surface area contributed by atoms with E-state index in [2.05, 4.69) is 18.7 Å². The maximum Gasteiger partial charge on any atom is 0.234 e. The fraction of sp³-hybridized carbons (Fsp3) is 0.900. The molecule has 0 heterocycles. The van der Waals surface area contributed by atoms with Gasteiger partial charge in [0.1, 0.15) is 0 Å². The van der Waals surface area contributed by atoms with Crippen LogP contribution < -0.4 is 11.5 Å². The van der Waals surface area contributed by atoms with E-state index in [0.717, 1.165) is 6.54 Å². The second kappa shape index (κ2) is 6.79. The average molecular weight is 201 g/mol. The van der Waals surface area contributed by atoms with Gasteiger partial charge in [-0.1, -0.05) is 13.3 Å². The maximum absolute atomic E-state index is 10.7. The molecule has 0 rings (SSSR count). The molecule has 4 nitrogen and oxygen atoms in total. The molecular weight excluding hydrogens is 178 g/mol. The van der Waals surface area contributed by atoms with Crippen LogP contribution in [0, 0.1) is 0 Å². The summed E-state index contributed by atoms with van der Waals surface area (Å²) >= 11 is 0. The van der Waals surface area contributed by atoms with E-state index in [1.807, 2.05) is 7.05 Å². The lowest BCUT2D eigenvalue weighted by atomic mass is 10.1. The zero-order valence-corrected chi connectivity index (χ0v) is 9.49. The van der Waals surface area contributed by atoms with Crippen molar-refractivity contribution in [1.29, 1.82) is 0 Å². The van der Waals surface area contributed by atoms with Crippen LogP contribution in [0.5, 0.6) is 0 Å². The van der Waals surface area contributed by atoms with Crippen molar-refractivity contribution in [3.05, 3.63) is 0 Å². The van der Waals surface area contributed by atoms with Crippen molar-refractivity contribution in [2.75, 3.05) is 13.6 Å². The van der Waals surface area contributed by atoms with Gasteiger partial charge in [-0.2, -0.15) is 0 Å². The van der Waals surface area contributed by atoms with E-state index >= 15 is 0 Å². The van der Waals surface area contributed by atoms with Crippen LogP contribution in [-0.4, -0.2) is 36.5 Å².